The fraction of sp³-hybridized carbons (Fsp3) is 0.444. The number of halogens is 2. The molecular weight excluding hydrogens is 345 g/mol. The number of anilines is 1. The lowest BCUT2D eigenvalue weighted by atomic mass is 9.94. The second kappa shape index (κ2) is 8.04. The van der Waals surface area contributed by atoms with E-state index in [4.69, 9.17) is 27.9 Å². The summed E-state index contributed by atoms with van der Waals surface area (Å²) in [4.78, 5) is 2.24. The van der Waals surface area contributed by atoms with Gasteiger partial charge in [0.2, 0.25) is 0 Å². The second-order valence-corrected chi connectivity index (χ2v) is 6.92. The molecule has 0 unspecified atom stereocenters. The van der Waals surface area contributed by atoms with E-state index in [0.717, 1.165) is 50.4 Å². The minimum absolute atomic E-state index is 0.378. The summed E-state index contributed by atoms with van der Waals surface area (Å²) in [6, 6.07) is 9.94. The van der Waals surface area contributed by atoms with Crippen LogP contribution in [-0.4, -0.2) is 29.9 Å². The van der Waals surface area contributed by atoms with Crippen molar-refractivity contribution in [2.45, 2.75) is 26.2 Å². The van der Waals surface area contributed by atoms with Gasteiger partial charge in [-0.1, -0.05) is 41.4 Å². The molecule has 0 spiro atoms. The lowest BCUT2D eigenvalue weighted by molar-refractivity contribution is 0.257. The Labute approximate surface area is 152 Å². The van der Waals surface area contributed by atoms with Crippen LogP contribution >= 0.6 is 23.2 Å². The maximum Gasteiger partial charge on any atom is 0.175 e. The zero-order valence-electron chi connectivity index (χ0n) is 13.7. The van der Waals surface area contributed by atoms with Gasteiger partial charge in [0, 0.05) is 19.2 Å². The van der Waals surface area contributed by atoms with Crippen LogP contribution in [-0.2, 0) is 0 Å². The van der Waals surface area contributed by atoms with Gasteiger partial charge in [0.15, 0.2) is 10.3 Å². The van der Waals surface area contributed by atoms with Crippen LogP contribution in [0.5, 0.6) is 5.75 Å². The third-order valence-corrected chi connectivity index (χ3v) is 4.99. The highest BCUT2D eigenvalue weighted by Crippen LogP contribution is 2.30. The van der Waals surface area contributed by atoms with E-state index >= 15 is 0 Å². The number of ether oxygens (including phenoxy) is 1. The molecule has 1 fully saturated rings. The Morgan fingerprint density at radius 1 is 1.17 bits per heavy atom. The topological polar surface area (TPSA) is 38.2 Å². The second-order valence-electron chi connectivity index (χ2n) is 6.18. The SMILES string of the molecule is Cc1ccccc1OCCC1CCN(c2cc(Cl)nnc2Cl)CC1. The average Bonchev–Trinajstić information content (AvgIpc) is 2.59. The Morgan fingerprint density at radius 2 is 1.92 bits per heavy atom. The Morgan fingerprint density at radius 3 is 2.67 bits per heavy atom. The van der Waals surface area contributed by atoms with Crippen LogP contribution in [0.3, 0.4) is 0 Å². The predicted molar refractivity (Wildman–Crippen MR) is 98.3 cm³/mol. The van der Waals surface area contributed by atoms with Crippen LogP contribution in [0.1, 0.15) is 24.8 Å². The largest absolute Gasteiger partial charge is 0.493 e. The van der Waals surface area contributed by atoms with Crippen molar-refractivity contribution in [1.29, 1.82) is 0 Å². The van der Waals surface area contributed by atoms with Crippen LogP contribution in [0.4, 0.5) is 5.69 Å². The number of hydrogen-bond acceptors (Lipinski definition) is 4. The molecular formula is C18H21Cl2N3O. The van der Waals surface area contributed by atoms with E-state index in [0.29, 0.717) is 16.2 Å². The van der Waals surface area contributed by atoms with Gasteiger partial charge < -0.3 is 9.64 Å². The summed E-state index contributed by atoms with van der Waals surface area (Å²) in [6.07, 6.45) is 3.31. The molecule has 1 aromatic carbocycles. The molecule has 1 saturated heterocycles. The number of para-hydroxylation sites is 1. The molecule has 0 radical (unpaired) electrons. The Bertz CT molecular complexity index is 688. The molecule has 6 heteroatoms. The molecule has 2 aromatic rings. The third kappa shape index (κ3) is 4.31. The first kappa shape index (κ1) is 17.3. The highest BCUT2D eigenvalue weighted by molar-refractivity contribution is 6.33. The first-order valence-corrected chi connectivity index (χ1v) is 9.01. The van der Waals surface area contributed by atoms with E-state index in [1.807, 2.05) is 18.2 Å². The van der Waals surface area contributed by atoms with Gasteiger partial charge in [-0.2, -0.15) is 0 Å². The van der Waals surface area contributed by atoms with Gasteiger partial charge in [0.1, 0.15) is 5.75 Å². The van der Waals surface area contributed by atoms with Crippen molar-refractivity contribution in [3.8, 4) is 5.75 Å². The van der Waals surface area contributed by atoms with E-state index in [2.05, 4.69) is 28.1 Å². The molecule has 3 rings (SSSR count). The molecule has 128 valence electrons. The number of aromatic nitrogens is 2. The van der Waals surface area contributed by atoms with Crippen LogP contribution in [0.15, 0.2) is 30.3 Å². The van der Waals surface area contributed by atoms with E-state index in [1.165, 1.54) is 5.56 Å². The summed E-state index contributed by atoms with van der Waals surface area (Å²) in [5, 5.41) is 8.45. The van der Waals surface area contributed by atoms with E-state index in [9.17, 15) is 0 Å². The lowest BCUT2D eigenvalue weighted by Gasteiger charge is -2.33. The molecule has 1 aromatic heterocycles. The van der Waals surface area contributed by atoms with Crippen molar-refractivity contribution in [2.24, 2.45) is 5.92 Å². The van der Waals surface area contributed by atoms with Crippen molar-refractivity contribution in [1.82, 2.24) is 10.2 Å². The number of piperidine rings is 1. The zero-order valence-corrected chi connectivity index (χ0v) is 15.2. The van der Waals surface area contributed by atoms with Gasteiger partial charge in [-0.25, -0.2) is 0 Å². The normalized spacial score (nSPS) is 15.5. The van der Waals surface area contributed by atoms with Gasteiger partial charge in [-0.15, -0.1) is 10.2 Å². The molecule has 0 saturated carbocycles. The van der Waals surface area contributed by atoms with Crippen molar-refractivity contribution < 1.29 is 4.74 Å². The maximum atomic E-state index is 6.14. The predicted octanol–water partition coefficient (Wildman–Crippen LogP) is 4.78. The highest BCUT2D eigenvalue weighted by Gasteiger charge is 2.22. The fourth-order valence-corrected chi connectivity index (χ4v) is 3.44. The van der Waals surface area contributed by atoms with Crippen molar-refractivity contribution in [2.75, 3.05) is 24.6 Å². The summed E-state index contributed by atoms with van der Waals surface area (Å²) in [6.45, 7) is 4.75. The first-order chi connectivity index (χ1) is 11.6. The molecule has 4 nitrogen and oxygen atoms in total. The number of hydrogen-bond donors (Lipinski definition) is 0. The molecule has 0 bridgehead atoms. The van der Waals surface area contributed by atoms with Gasteiger partial charge in [0.05, 0.1) is 12.3 Å². The van der Waals surface area contributed by atoms with E-state index in [-0.39, 0.29) is 0 Å². The van der Waals surface area contributed by atoms with Crippen molar-refractivity contribution in [3.63, 3.8) is 0 Å². The Kier molecular flexibility index (Phi) is 5.80. The standard InChI is InChI=1S/C18H21Cl2N3O/c1-13-4-2-3-5-16(13)24-11-8-14-6-9-23(10-7-14)15-12-17(19)21-22-18(15)20/h2-5,12,14H,6-11H2,1H3. The summed E-state index contributed by atoms with van der Waals surface area (Å²) in [5.74, 6) is 1.66. The molecule has 0 N–H and O–H groups in total. The first-order valence-electron chi connectivity index (χ1n) is 8.25. The molecule has 0 aliphatic carbocycles. The number of nitrogens with zero attached hydrogens (tertiary/aromatic N) is 3. The molecule has 24 heavy (non-hydrogen) atoms. The van der Waals surface area contributed by atoms with Crippen LogP contribution in [0, 0.1) is 12.8 Å². The smallest absolute Gasteiger partial charge is 0.175 e. The summed E-state index contributed by atoms with van der Waals surface area (Å²) in [7, 11) is 0. The lowest BCUT2D eigenvalue weighted by Crippen LogP contribution is -2.34. The molecule has 1 aliphatic rings. The minimum Gasteiger partial charge on any atom is -0.493 e. The fourth-order valence-electron chi connectivity index (χ4n) is 3.08. The van der Waals surface area contributed by atoms with Gasteiger partial charge >= 0.3 is 0 Å². The number of rotatable bonds is 5. The number of benzene rings is 1. The van der Waals surface area contributed by atoms with E-state index < -0.39 is 0 Å². The molecule has 0 atom stereocenters. The van der Waals surface area contributed by atoms with Crippen molar-refractivity contribution in [3.05, 3.63) is 46.2 Å². The van der Waals surface area contributed by atoms with Crippen LogP contribution in [0.25, 0.3) is 0 Å². The average molecular weight is 366 g/mol. The van der Waals surface area contributed by atoms with Gasteiger partial charge in [-0.3, -0.25) is 0 Å². The number of aryl methyl sites for hydroxylation is 1. The maximum absolute atomic E-state index is 6.14. The van der Waals surface area contributed by atoms with Gasteiger partial charge in [0.25, 0.3) is 0 Å². The summed E-state index contributed by atoms with van der Waals surface area (Å²) >= 11 is 12.1. The Balaban J connectivity index is 1.47. The minimum atomic E-state index is 0.378. The van der Waals surface area contributed by atoms with E-state index in [1.54, 1.807) is 6.07 Å². The monoisotopic (exact) mass is 365 g/mol. The molecule has 2 heterocycles. The van der Waals surface area contributed by atoms with Crippen LogP contribution in [0.2, 0.25) is 10.3 Å². The molecule has 0 amide bonds. The van der Waals surface area contributed by atoms with Crippen molar-refractivity contribution >= 4 is 28.9 Å². The summed E-state index contributed by atoms with van der Waals surface area (Å²) in [5.41, 5.74) is 2.07. The van der Waals surface area contributed by atoms with Crippen LogP contribution < -0.4 is 9.64 Å². The summed E-state index contributed by atoms with van der Waals surface area (Å²) < 4.78 is 5.92. The zero-order chi connectivity index (χ0) is 16.9. The Hall–Kier alpha value is -1.52. The quantitative estimate of drug-likeness (QED) is 0.764. The van der Waals surface area contributed by atoms with Gasteiger partial charge in [-0.05, 0) is 43.7 Å². The third-order valence-electron chi connectivity index (χ3n) is 4.53. The molecule has 1 aliphatic heterocycles. The highest BCUT2D eigenvalue weighted by atomic mass is 35.5.